The standard InChI is InChI=1S/C20H22ClFN2O/c1-24(13-16-4-2-3-5-18(16)22)19(25)12-23-20(14-6-7-14)15-8-10-17(21)11-9-15/h2-5,8-11,14,20,23H,6-7,12-13H2,1H3/t20-/m0/s1. The van der Waals surface area contributed by atoms with Crippen LogP contribution in [0, 0.1) is 11.7 Å². The van der Waals surface area contributed by atoms with E-state index in [2.05, 4.69) is 5.32 Å². The van der Waals surface area contributed by atoms with E-state index in [0.717, 1.165) is 5.56 Å². The zero-order valence-electron chi connectivity index (χ0n) is 14.2. The van der Waals surface area contributed by atoms with Crippen LogP contribution in [0.1, 0.15) is 30.0 Å². The lowest BCUT2D eigenvalue weighted by atomic mass is 10.0. The molecule has 2 aromatic rings. The highest BCUT2D eigenvalue weighted by Gasteiger charge is 2.32. The van der Waals surface area contributed by atoms with Gasteiger partial charge in [-0.25, -0.2) is 4.39 Å². The molecule has 1 atom stereocenters. The topological polar surface area (TPSA) is 32.3 Å². The van der Waals surface area contributed by atoms with Gasteiger partial charge in [-0.1, -0.05) is 41.9 Å². The Labute approximate surface area is 152 Å². The molecule has 3 rings (SSSR count). The van der Waals surface area contributed by atoms with Crippen LogP contribution in [-0.2, 0) is 11.3 Å². The third-order valence-electron chi connectivity index (χ3n) is 4.59. The average molecular weight is 361 g/mol. The predicted molar refractivity (Wildman–Crippen MR) is 97.8 cm³/mol. The summed E-state index contributed by atoms with van der Waals surface area (Å²) in [6.07, 6.45) is 2.33. The van der Waals surface area contributed by atoms with Crippen molar-refractivity contribution in [2.45, 2.75) is 25.4 Å². The highest BCUT2D eigenvalue weighted by Crippen LogP contribution is 2.41. The van der Waals surface area contributed by atoms with Crippen molar-refractivity contribution in [2.75, 3.05) is 13.6 Å². The number of benzene rings is 2. The van der Waals surface area contributed by atoms with Gasteiger partial charge in [-0.05, 0) is 42.5 Å². The number of halogens is 2. The fourth-order valence-corrected chi connectivity index (χ4v) is 3.08. The van der Waals surface area contributed by atoms with Gasteiger partial charge in [-0.15, -0.1) is 0 Å². The fraction of sp³-hybridized carbons (Fsp3) is 0.350. The van der Waals surface area contributed by atoms with Gasteiger partial charge in [-0.2, -0.15) is 0 Å². The first-order chi connectivity index (χ1) is 12.0. The van der Waals surface area contributed by atoms with Crippen LogP contribution in [0.4, 0.5) is 4.39 Å². The van der Waals surface area contributed by atoms with E-state index in [9.17, 15) is 9.18 Å². The molecular weight excluding hydrogens is 339 g/mol. The maximum atomic E-state index is 13.7. The van der Waals surface area contributed by atoms with Crippen LogP contribution < -0.4 is 5.32 Å². The van der Waals surface area contributed by atoms with E-state index in [1.807, 2.05) is 24.3 Å². The van der Waals surface area contributed by atoms with Gasteiger partial charge in [0.2, 0.25) is 5.91 Å². The summed E-state index contributed by atoms with van der Waals surface area (Å²) in [5.74, 6) is 0.223. The molecule has 1 aliphatic rings. The maximum absolute atomic E-state index is 13.7. The Morgan fingerprint density at radius 3 is 2.56 bits per heavy atom. The minimum absolute atomic E-state index is 0.0529. The molecule has 1 aliphatic carbocycles. The number of amides is 1. The van der Waals surface area contributed by atoms with Gasteiger partial charge in [0.05, 0.1) is 6.54 Å². The molecule has 0 radical (unpaired) electrons. The molecule has 0 saturated heterocycles. The minimum atomic E-state index is -0.285. The van der Waals surface area contributed by atoms with Gasteiger partial charge >= 0.3 is 0 Å². The molecule has 1 fully saturated rings. The quantitative estimate of drug-likeness (QED) is 0.803. The first-order valence-electron chi connectivity index (χ1n) is 8.51. The summed E-state index contributed by atoms with van der Waals surface area (Å²) in [5, 5.41) is 4.08. The van der Waals surface area contributed by atoms with Crippen molar-refractivity contribution >= 4 is 17.5 Å². The number of likely N-dealkylation sites (N-methyl/N-ethyl adjacent to an activating group) is 1. The maximum Gasteiger partial charge on any atom is 0.236 e. The summed E-state index contributed by atoms with van der Waals surface area (Å²) in [6.45, 7) is 0.497. The van der Waals surface area contributed by atoms with Crippen LogP contribution in [0.3, 0.4) is 0 Å². The molecular formula is C20H22ClFN2O. The molecule has 1 saturated carbocycles. The largest absolute Gasteiger partial charge is 0.340 e. The first-order valence-corrected chi connectivity index (χ1v) is 8.88. The van der Waals surface area contributed by atoms with Crippen molar-refractivity contribution in [3.05, 3.63) is 70.5 Å². The molecule has 0 bridgehead atoms. The molecule has 2 aromatic carbocycles. The number of carbonyl (C=O) groups is 1. The van der Waals surface area contributed by atoms with Crippen LogP contribution in [-0.4, -0.2) is 24.4 Å². The molecule has 0 spiro atoms. The number of nitrogens with one attached hydrogen (secondary N) is 1. The van der Waals surface area contributed by atoms with Gasteiger partial charge in [0.15, 0.2) is 0 Å². The lowest BCUT2D eigenvalue weighted by Crippen LogP contribution is -2.37. The lowest BCUT2D eigenvalue weighted by Gasteiger charge is -2.22. The molecule has 1 amide bonds. The molecule has 0 unspecified atom stereocenters. The summed E-state index contributed by atoms with van der Waals surface area (Å²) in [6, 6.07) is 14.5. The Balaban J connectivity index is 1.58. The Hall–Kier alpha value is -1.91. The third-order valence-corrected chi connectivity index (χ3v) is 4.84. The molecule has 5 heteroatoms. The Morgan fingerprint density at radius 2 is 1.92 bits per heavy atom. The van der Waals surface area contributed by atoms with Gasteiger partial charge in [-0.3, -0.25) is 4.79 Å². The normalized spacial score (nSPS) is 15.0. The van der Waals surface area contributed by atoms with Crippen molar-refractivity contribution in [3.8, 4) is 0 Å². The second-order valence-corrected chi connectivity index (χ2v) is 7.03. The first kappa shape index (κ1) is 17.9. The second-order valence-electron chi connectivity index (χ2n) is 6.59. The minimum Gasteiger partial charge on any atom is -0.340 e. The summed E-state index contributed by atoms with van der Waals surface area (Å²) < 4.78 is 13.7. The number of carbonyl (C=O) groups excluding carboxylic acids is 1. The zero-order chi connectivity index (χ0) is 17.8. The van der Waals surface area contributed by atoms with Gasteiger partial charge in [0.25, 0.3) is 0 Å². The predicted octanol–water partition coefficient (Wildman–Crippen LogP) is 4.18. The van der Waals surface area contributed by atoms with Crippen molar-refractivity contribution < 1.29 is 9.18 Å². The summed E-state index contributed by atoms with van der Waals surface area (Å²) in [7, 11) is 1.70. The van der Waals surface area contributed by atoms with Crippen molar-refractivity contribution in [3.63, 3.8) is 0 Å². The van der Waals surface area contributed by atoms with E-state index >= 15 is 0 Å². The van der Waals surface area contributed by atoms with E-state index in [4.69, 9.17) is 11.6 Å². The number of nitrogens with zero attached hydrogens (tertiary/aromatic N) is 1. The Kier molecular flexibility index (Phi) is 5.71. The number of hydrogen-bond acceptors (Lipinski definition) is 2. The SMILES string of the molecule is CN(Cc1ccccc1F)C(=O)CN[C@H](c1ccc(Cl)cc1)C1CC1. The third kappa shape index (κ3) is 4.80. The van der Waals surface area contributed by atoms with Crippen LogP contribution in [0.25, 0.3) is 0 Å². The molecule has 0 aromatic heterocycles. The second kappa shape index (κ2) is 7.98. The Bertz CT molecular complexity index is 731. The van der Waals surface area contributed by atoms with Crippen LogP contribution >= 0.6 is 11.6 Å². The summed E-state index contributed by atoms with van der Waals surface area (Å²) in [4.78, 5) is 14.0. The number of hydrogen-bond donors (Lipinski definition) is 1. The molecule has 0 heterocycles. The van der Waals surface area contributed by atoms with Crippen LogP contribution in [0.2, 0.25) is 5.02 Å². The monoisotopic (exact) mass is 360 g/mol. The van der Waals surface area contributed by atoms with Crippen molar-refractivity contribution in [1.82, 2.24) is 10.2 Å². The zero-order valence-corrected chi connectivity index (χ0v) is 15.0. The van der Waals surface area contributed by atoms with Crippen molar-refractivity contribution in [2.24, 2.45) is 5.92 Å². The smallest absolute Gasteiger partial charge is 0.236 e. The molecule has 132 valence electrons. The van der Waals surface area contributed by atoms with E-state index in [-0.39, 0.29) is 30.9 Å². The summed E-state index contributed by atoms with van der Waals surface area (Å²) >= 11 is 5.96. The molecule has 25 heavy (non-hydrogen) atoms. The van der Waals surface area contributed by atoms with Gasteiger partial charge in [0.1, 0.15) is 5.82 Å². The molecule has 0 aliphatic heterocycles. The van der Waals surface area contributed by atoms with Gasteiger partial charge < -0.3 is 10.2 Å². The van der Waals surface area contributed by atoms with E-state index in [1.165, 1.54) is 18.9 Å². The van der Waals surface area contributed by atoms with Crippen LogP contribution in [0.15, 0.2) is 48.5 Å². The highest BCUT2D eigenvalue weighted by molar-refractivity contribution is 6.30. The average Bonchev–Trinajstić information content (AvgIpc) is 3.43. The fourth-order valence-electron chi connectivity index (χ4n) is 2.96. The Morgan fingerprint density at radius 1 is 1.24 bits per heavy atom. The van der Waals surface area contributed by atoms with Crippen LogP contribution in [0.5, 0.6) is 0 Å². The highest BCUT2D eigenvalue weighted by atomic mass is 35.5. The summed E-state index contributed by atoms with van der Waals surface area (Å²) in [5.41, 5.74) is 1.67. The molecule has 1 N–H and O–H groups in total. The lowest BCUT2D eigenvalue weighted by molar-refractivity contribution is -0.129. The van der Waals surface area contributed by atoms with E-state index in [1.54, 1.807) is 30.1 Å². The molecule has 3 nitrogen and oxygen atoms in total. The van der Waals surface area contributed by atoms with E-state index < -0.39 is 0 Å². The van der Waals surface area contributed by atoms with E-state index in [0.29, 0.717) is 16.5 Å². The number of rotatable bonds is 7. The van der Waals surface area contributed by atoms with Crippen molar-refractivity contribution in [1.29, 1.82) is 0 Å². The van der Waals surface area contributed by atoms with Gasteiger partial charge in [0, 0.05) is 30.2 Å².